The predicted molar refractivity (Wildman–Crippen MR) is 74.1 cm³/mol. The highest BCUT2D eigenvalue weighted by molar-refractivity contribution is 5.14. The monoisotopic (exact) mass is 298 g/mol. The first kappa shape index (κ1) is 14.4. The summed E-state index contributed by atoms with van der Waals surface area (Å²) in [6.07, 6.45) is 1.71. The van der Waals surface area contributed by atoms with Gasteiger partial charge in [0, 0.05) is 18.9 Å². The van der Waals surface area contributed by atoms with E-state index in [1.807, 2.05) is 6.92 Å². The van der Waals surface area contributed by atoms with Crippen molar-refractivity contribution in [3.05, 3.63) is 0 Å². The second-order valence-corrected chi connectivity index (χ2v) is 7.54. The van der Waals surface area contributed by atoms with Gasteiger partial charge in [0.15, 0.2) is 18.4 Å². The standard InChI is InChI=1S/C16H26O5/c1-8-5-6-10-9(2)13(18-4)19-14-16(10)11(8)7-12(17)15(3,20-14)21-16/h8-14,17H,5-7H2,1-4H3/t8-,9-,10+,11+,12-,13+,14-,15+,16+/m1/s1. The number of methoxy groups -OCH3 is 1. The lowest BCUT2D eigenvalue weighted by Crippen LogP contribution is -2.67. The molecule has 0 aromatic heterocycles. The van der Waals surface area contributed by atoms with Crippen LogP contribution in [0.1, 0.15) is 40.0 Å². The Kier molecular flexibility index (Phi) is 3.03. The second kappa shape index (κ2) is 4.42. The van der Waals surface area contributed by atoms with E-state index in [-0.39, 0.29) is 18.1 Å². The smallest absolute Gasteiger partial charge is 0.195 e. The Hall–Kier alpha value is -0.200. The van der Waals surface area contributed by atoms with Gasteiger partial charge in [-0.1, -0.05) is 13.8 Å². The average Bonchev–Trinajstić information content (AvgIpc) is 2.70. The molecule has 0 radical (unpaired) electrons. The van der Waals surface area contributed by atoms with Gasteiger partial charge in [0.2, 0.25) is 0 Å². The molecule has 3 saturated heterocycles. The van der Waals surface area contributed by atoms with E-state index >= 15 is 0 Å². The van der Waals surface area contributed by atoms with E-state index in [0.29, 0.717) is 11.8 Å². The fourth-order valence-corrected chi connectivity index (χ4v) is 5.35. The summed E-state index contributed by atoms with van der Waals surface area (Å²) in [5.74, 6) is 0.476. The van der Waals surface area contributed by atoms with Crippen LogP contribution in [0.2, 0.25) is 0 Å². The van der Waals surface area contributed by atoms with Gasteiger partial charge < -0.3 is 24.1 Å². The Bertz CT molecular complexity index is 442. The summed E-state index contributed by atoms with van der Waals surface area (Å²) in [5, 5.41) is 10.5. The van der Waals surface area contributed by atoms with Gasteiger partial charge in [-0.15, -0.1) is 0 Å². The molecule has 120 valence electrons. The molecule has 1 saturated carbocycles. The maximum absolute atomic E-state index is 10.5. The van der Waals surface area contributed by atoms with Gasteiger partial charge >= 0.3 is 0 Å². The number of hydrogen-bond acceptors (Lipinski definition) is 5. The topological polar surface area (TPSA) is 57.2 Å². The molecule has 1 spiro atoms. The van der Waals surface area contributed by atoms with Gasteiger partial charge in [-0.25, -0.2) is 0 Å². The van der Waals surface area contributed by atoms with Crippen molar-refractivity contribution in [3.8, 4) is 0 Å². The number of hydrogen-bond donors (Lipinski definition) is 1. The minimum Gasteiger partial charge on any atom is -0.388 e. The summed E-state index contributed by atoms with van der Waals surface area (Å²) >= 11 is 0. The van der Waals surface area contributed by atoms with Crippen molar-refractivity contribution in [3.63, 3.8) is 0 Å². The predicted octanol–water partition coefficient (Wildman–Crippen LogP) is 1.88. The van der Waals surface area contributed by atoms with Crippen molar-refractivity contribution >= 4 is 0 Å². The van der Waals surface area contributed by atoms with Crippen molar-refractivity contribution < 1.29 is 24.1 Å². The first-order valence-corrected chi connectivity index (χ1v) is 8.16. The van der Waals surface area contributed by atoms with Gasteiger partial charge in [0.1, 0.15) is 11.7 Å². The molecule has 4 rings (SSSR count). The largest absolute Gasteiger partial charge is 0.388 e. The lowest BCUT2D eigenvalue weighted by atomic mass is 9.57. The van der Waals surface area contributed by atoms with Crippen LogP contribution in [0.25, 0.3) is 0 Å². The summed E-state index contributed by atoms with van der Waals surface area (Å²) in [7, 11) is 1.68. The summed E-state index contributed by atoms with van der Waals surface area (Å²) in [5.41, 5.74) is -0.417. The van der Waals surface area contributed by atoms with Crippen LogP contribution in [0.3, 0.4) is 0 Å². The highest BCUT2D eigenvalue weighted by atomic mass is 16.9. The highest BCUT2D eigenvalue weighted by Crippen LogP contribution is 2.63. The molecular weight excluding hydrogens is 272 g/mol. The van der Waals surface area contributed by atoms with Gasteiger partial charge in [-0.2, -0.15) is 0 Å². The second-order valence-electron chi connectivity index (χ2n) is 7.54. The zero-order valence-corrected chi connectivity index (χ0v) is 13.2. The normalized spacial score (nSPS) is 62.4. The van der Waals surface area contributed by atoms with Crippen molar-refractivity contribution in [1.29, 1.82) is 0 Å². The fourth-order valence-electron chi connectivity index (χ4n) is 5.35. The van der Waals surface area contributed by atoms with Gasteiger partial charge in [-0.3, -0.25) is 0 Å². The van der Waals surface area contributed by atoms with E-state index < -0.39 is 23.8 Å². The van der Waals surface area contributed by atoms with E-state index in [4.69, 9.17) is 18.9 Å². The number of fused-ring (bicyclic) bond motifs is 1. The van der Waals surface area contributed by atoms with Crippen LogP contribution in [-0.4, -0.2) is 42.3 Å². The van der Waals surface area contributed by atoms with Crippen LogP contribution in [0, 0.1) is 23.7 Å². The van der Waals surface area contributed by atoms with Crippen LogP contribution in [-0.2, 0) is 18.9 Å². The molecule has 5 nitrogen and oxygen atoms in total. The maximum Gasteiger partial charge on any atom is 0.195 e. The van der Waals surface area contributed by atoms with Gasteiger partial charge in [0.05, 0.1) is 0 Å². The summed E-state index contributed by atoms with van der Waals surface area (Å²) in [4.78, 5) is 0. The molecule has 21 heavy (non-hydrogen) atoms. The highest BCUT2D eigenvalue weighted by Gasteiger charge is 2.73. The molecule has 4 fully saturated rings. The number of rotatable bonds is 1. The van der Waals surface area contributed by atoms with E-state index in [1.165, 1.54) is 0 Å². The quantitative estimate of drug-likeness (QED) is 0.801. The van der Waals surface area contributed by atoms with Crippen LogP contribution >= 0.6 is 0 Å². The van der Waals surface area contributed by atoms with E-state index in [2.05, 4.69) is 13.8 Å². The summed E-state index contributed by atoms with van der Waals surface area (Å²) < 4.78 is 24.1. The zero-order chi connectivity index (χ0) is 15.0. The molecule has 4 aliphatic rings. The molecule has 0 unspecified atom stereocenters. The van der Waals surface area contributed by atoms with Crippen molar-refractivity contribution in [2.45, 2.75) is 70.1 Å². The lowest BCUT2D eigenvalue weighted by Gasteiger charge is -2.58. The van der Waals surface area contributed by atoms with Crippen LogP contribution in [0.4, 0.5) is 0 Å². The van der Waals surface area contributed by atoms with Gasteiger partial charge in [0.25, 0.3) is 0 Å². The Morgan fingerprint density at radius 3 is 2.67 bits per heavy atom. The van der Waals surface area contributed by atoms with Crippen molar-refractivity contribution in [2.24, 2.45) is 23.7 Å². The zero-order valence-electron chi connectivity index (χ0n) is 13.2. The Labute approximate surface area is 125 Å². The molecule has 1 N–H and O–H groups in total. The molecule has 1 aliphatic carbocycles. The SMILES string of the molecule is CO[C@H]1O[C@@H]2O[C@@]3(C)O[C@]24[C@@H](CC[C@@H](C)[C@@H]4C[C@H]3O)[C@H]1C. The Balaban J connectivity index is 1.80. The lowest BCUT2D eigenvalue weighted by molar-refractivity contribution is -0.335. The molecular formula is C16H26O5. The number of ether oxygens (including phenoxy) is 4. The molecule has 5 heteroatoms. The van der Waals surface area contributed by atoms with E-state index in [9.17, 15) is 5.11 Å². The van der Waals surface area contributed by atoms with Gasteiger partial charge in [-0.05, 0) is 38.0 Å². The Morgan fingerprint density at radius 1 is 1.19 bits per heavy atom. The van der Waals surface area contributed by atoms with Crippen molar-refractivity contribution in [2.75, 3.05) is 7.11 Å². The van der Waals surface area contributed by atoms with Crippen LogP contribution in [0.15, 0.2) is 0 Å². The third-order valence-corrected chi connectivity index (χ3v) is 6.50. The third kappa shape index (κ3) is 1.64. The molecule has 3 aliphatic heterocycles. The van der Waals surface area contributed by atoms with Crippen LogP contribution in [0.5, 0.6) is 0 Å². The molecule has 0 amide bonds. The maximum atomic E-state index is 10.5. The average molecular weight is 298 g/mol. The number of aliphatic hydroxyl groups excluding tert-OH is 1. The molecule has 0 aromatic rings. The minimum absolute atomic E-state index is 0.261. The molecule has 2 bridgehead atoms. The van der Waals surface area contributed by atoms with Crippen molar-refractivity contribution in [1.82, 2.24) is 0 Å². The molecule has 3 heterocycles. The number of aliphatic hydroxyl groups is 1. The first-order chi connectivity index (χ1) is 9.92. The summed E-state index contributed by atoms with van der Waals surface area (Å²) in [6, 6.07) is 0. The van der Waals surface area contributed by atoms with Crippen LogP contribution < -0.4 is 0 Å². The summed E-state index contributed by atoms with van der Waals surface area (Å²) in [6.45, 7) is 6.28. The fraction of sp³-hybridized carbons (Fsp3) is 1.00. The van der Waals surface area contributed by atoms with E-state index in [1.54, 1.807) is 7.11 Å². The molecule has 0 aromatic carbocycles. The Morgan fingerprint density at radius 2 is 1.95 bits per heavy atom. The minimum atomic E-state index is -0.946. The third-order valence-electron chi connectivity index (χ3n) is 6.50. The van der Waals surface area contributed by atoms with E-state index in [0.717, 1.165) is 19.3 Å². The first-order valence-electron chi connectivity index (χ1n) is 8.16. The molecule has 9 atom stereocenters.